The number of methoxy groups -OCH3 is 1. The number of hydrogen-bond donors (Lipinski definition) is 0. The van der Waals surface area contributed by atoms with Crippen molar-refractivity contribution in [3.63, 3.8) is 0 Å². The van der Waals surface area contributed by atoms with Crippen molar-refractivity contribution in [1.29, 1.82) is 0 Å². The number of aromatic nitrogens is 5. The molecule has 1 aliphatic heterocycles. The molecule has 0 bridgehead atoms. The van der Waals surface area contributed by atoms with Gasteiger partial charge in [-0.15, -0.1) is 10.2 Å². The SMILES string of the molecule is COC(=O)c1cccc(OCc2nnc([C@H]3CC[C@H](c4cnn([C@H]5CC[C@H](N6CCC6)CC5)c4)CC3)n2C)c1. The zero-order valence-electron chi connectivity index (χ0n) is 23.2. The van der Waals surface area contributed by atoms with Crippen LogP contribution in [0.2, 0.25) is 0 Å². The van der Waals surface area contributed by atoms with E-state index in [4.69, 9.17) is 14.6 Å². The lowest BCUT2D eigenvalue weighted by atomic mass is 9.79. The third-order valence-electron chi connectivity index (χ3n) is 9.25. The van der Waals surface area contributed by atoms with Gasteiger partial charge in [0.25, 0.3) is 0 Å². The molecule has 3 heterocycles. The number of hydrogen-bond acceptors (Lipinski definition) is 7. The zero-order chi connectivity index (χ0) is 26.8. The molecule has 0 radical (unpaired) electrons. The Balaban J connectivity index is 1.01. The van der Waals surface area contributed by atoms with E-state index in [9.17, 15) is 4.79 Å². The fourth-order valence-corrected chi connectivity index (χ4v) is 6.68. The van der Waals surface area contributed by atoms with Gasteiger partial charge in [0.2, 0.25) is 0 Å². The van der Waals surface area contributed by atoms with Crippen LogP contribution in [0.3, 0.4) is 0 Å². The Morgan fingerprint density at radius 1 is 0.974 bits per heavy atom. The van der Waals surface area contributed by atoms with Gasteiger partial charge in [-0.3, -0.25) is 4.68 Å². The van der Waals surface area contributed by atoms with E-state index in [-0.39, 0.29) is 5.97 Å². The van der Waals surface area contributed by atoms with Gasteiger partial charge in [-0.05, 0) is 101 Å². The molecule has 6 rings (SSSR count). The summed E-state index contributed by atoms with van der Waals surface area (Å²) in [6, 6.07) is 8.38. The van der Waals surface area contributed by atoms with Gasteiger partial charge >= 0.3 is 5.97 Å². The van der Waals surface area contributed by atoms with Crippen molar-refractivity contribution in [2.24, 2.45) is 7.05 Å². The standard InChI is InChI=1S/C30H40N6O3/c1-34-28(20-39-27-6-3-5-23(17-27)30(37)38-2)32-33-29(34)22-9-7-21(8-10-22)24-18-31-36(19-24)26-13-11-25(12-14-26)35-15-4-16-35/h3,5-6,17-19,21-22,25-26H,4,7-16,20H2,1-2H3/t21-,22-,25-,26-. The van der Waals surface area contributed by atoms with Crippen LogP contribution in [-0.2, 0) is 18.4 Å². The van der Waals surface area contributed by atoms with E-state index in [2.05, 4.69) is 36.7 Å². The molecule has 39 heavy (non-hydrogen) atoms. The van der Waals surface area contributed by atoms with Crippen molar-refractivity contribution in [2.75, 3.05) is 20.2 Å². The van der Waals surface area contributed by atoms with E-state index in [0.717, 1.165) is 43.4 Å². The molecule has 0 spiro atoms. The van der Waals surface area contributed by atoms with E-state index < -0.39 is 0 Å². The first-order valence-corrected chi connectivity index (χ1v) is 14.6. The van der Waals surface area contributed by atoms with Gasteiger partial charge in [0.05, 0.1) is 24.9 Å². The minimum atomic E-state index is -0.381. The average Bonchev–Trinajstić information content (AvgIpc) is 3.58. The van der Waals surface area contributed by atoms with E-state index >= 15 is 0 Å². The zero-order valence-corrected chi connectivity index (χ0v) is 23.2. The quantitative estimate of drug-likeness (QED) is 0.377. The number of likely N-dealkylation sites (tertiary alicyclic amines) is 1. The van der Waals surface area contributed by atoms with Crippen molar-refractivity contribution < 1.29 is 14.3 Å². The number of ether oxygens (including phenoxy) is 2. The normalized spacial score (nSPS) is 25.7. The van der Waals surface area contributed by atoms with Crippen LogP contribution in [0.25, 0.3) is 0 Å². The second-order valence-electron chi connectivity index (χ2n) is 11.5. The molecule has 0 unspecified atom stereocenters. The van der Waals surface area contributed by atoms with Crippen molar-refractivity contribution in [2.45, 2.75) is 88.3 Å². The molecule has 9 heteroatoms. The van der Waals surface area contributed by atoms with Crippen molar-refractivity contribution in [1.82, 2.24) is 29.4 Å². The molecule has 2 saturated carbocycles. The third kappa shape index (κ3) is 5.60. The Kier molecular flexibility index (Phi) is 7.68. The highest BCUT2D eigenvalue weighted by atomic mass is 16.5. The first-order valence-electron chi connectivity index (χ1n) is 14.6. The molecule has 0 amide bonds. The lowest BCUT2D eigenvalue weighted by Crippen LogP contribution is -2.46. The van der Waals surface area contributed by atoms with Gasteiger partial charge < -0.3 is 18.9 Å². The summed E-state index contributed by atoms with van der Waals surface area (Å²) in [7, 11) is 3.39. The minimum Gasteiger partial charge on any atom is -0.486 e. The van der Waals surface area contributed by atoms with Crippen LogP contribution in [0.5, 0.6) is 5.75 Å². The van der Waals surface area contributed by atoms with E-state index in [1.165, 1.54) is 57.9 Å². The number of carbonyl (C=O) groups is 1. The third-order valence-corrected chi connectivity index (χ3v) is 9.25. The predicted molar refractivity (Wildman–Crippen MR) is 147 cm³/mol. The molecule has 208 valence electrons. The second kappa shape index (κ2) is 11.5. The number of carbonyl (C=O) groups excluding carboxylic acids is 1. The van der Waals surface area contributed by atoms with Crippen LogP contribution in [0, 0.1) is 0 Å². The molecule has 3 fully saturated rings. The summed E-state index contributed by atoms with van der Waals surface area (Å²) in [6.45, 7) is 2.91. The Morgan fingerprint density at radius 2 is 1.72 bits per heavy atom. The molecule has 9 nitrogen and oxygen atoms in total. The smallest absolute Gasteiger partial charge is 0.337 e. The lowest BCUT2D eigenvalue weighted by molar-refractivity contribution is 0.0600. The Labute approximate surface area is 230 Å². The minimum absolute atomic E-state index is 0.294. The summed E-state index contributed by atoms with van der Waals surface area (Å²) in [5, 5.41) is 13.8. The largest absolute Gasteiger partial charge is 0.486 e. The van der Waals surface area contributed by atoms with Crippen molar-refractivity contribution in [3.8, 4) is 5.75 Å². The van der Waals surface area contributed by atoms with Gasteiger partial charge in [-0.25, -0.2) is 4.79 Å². The molecule has 0 atom stereocenters. The molecule has 2 aromatic heterocycles. The van der Waals surface area contributed by atoms with Crippen LogP contribution in [0.1, 0.15) is 103 Å². The maximum Gasteiger partial charge on any atom is 0.337 e. The molecule has 2 aliphatic carbocycles. The van der Waals surface area contributed by atoms with E-state index in [1.54, 1.807) is 18.2 Å². The molecule has 1 saturated heterocycles. The summed E-state index contributed by atoms with van der Waals surface area (Å²) in [4.78, 5) is 14.5. The highest BCUT2D eigenvalue weighted by Crippen LogP contribution is 2.40. The molecular weight excluding hydrogens is 492 g/mol. The lowest BCUT2D eigenvalue weighted by Gasteiger charge is -2.42. The fourth-order valence-electron chi connectivity index (χ4n) is 6.68. The van der Waals surface area contributed by atoms with Gasteiger partial charge in [0, 0.05) is 25.2 Å². The van der Waals surface area contributed by atoms with Crippen LogP contribution in [0.4, 0.5) is 0 Å². The number of nitrogens with zero attached hydrogens (tertiary/aromatic N) is 6. The summed E-state index contributed by atoms with van der Waals surface area (Å²) < 4.78 is 15.1. The highest BCUT2D eigenvalue weighted by molar-refractivity contribution is 5.89. The first-order chi connectivity index (χ1) is 19.1. The van der Waals surface area contributed by atoms with Gasteiger partial charge in [0.15, 0.2) is 5.82 Å². The van der Waals surface area contributed by atoms with Crippen LogP contribution < -0.4 is 4.74 Å². The topological polar surface area (TPSA) is 87.3 Å². The van der Waals surface area contributed by atoms with Gasteiger partial charge in [0.1, 0.15) is 18.2 Å². The Morgan fingerprint density at radius 3 is 2.44 bits per heavy atom. The molecule has 3 aromatic rings. The van der Waals surface area contributed by atoms with Gasteiger partial charge in [-0.2, -0.15) is 5.10 Å². The van der Waals surface area contributed by atoms with Crippen molar-refractivity contribution >= 4 is 5.97 Å². The van der Waals surface area contributed by atoms with Crippen LogP contribution in [0.15, 0.2) is 36.7 Å². The number of benzene rings is 1. The number of rotatable bonds is 8. The monoisotopic (exact) mass is 532 g/mol. The van der Waals surface area contributed by atoms with E-state index in [0.29, 0.717) is 35.8 Å². The van der Waals surface area contributed by atoms with Crippen LogP contribution in [-0.4, -0.2) is 61.7 Å². The Bertz CT molecular complexity index is 1270. The second-order valence-corrected chi connectivity index (χ2v) is 11.5. The Hall–Kier alpha value is -3.20. The molecular formula is C30H40N6O3. The van der Waals surface area contributed by atoms with E-state index in [1.807, 2.05) is 13.1 Å². The average molecular weight is 533 g/mol. The van der Waals surface area contributed by atoms with Crippen molar-refractivity contribution in [3.05, 3.63) is 59.4 Å². The summed E-state index contributed by atoms with van der Waals surface area (Å²) in [5.41, 5.74) is 1.87. The molecule has 3 aliphatic rings. The molecule has 0 N–H and O–H groups in total. The maximum absolute atomic E-state index is 11.8. The summed E-state index contributed by atoms with van der Waals surface area (Å²) in [5.74, 6) is 3.01. The van der Waals surface area contributed by atoms with Gasteiger partial charge in [-0.1, -0.05) is 6.07 Å². The van der Waals surface area contributed by atoms with Crippen LogP contribution >= 0.6 is 0 Å². The summed E-state index contributed by atoms with van der Waals surface area (Å²) >= 11 is 0. The first kappa shape index (κ1) is 26.0. The maximum atomic E-state index is 11.8. The highest BCUT2D eigenvalue weighted by Gasteiger charge is 2.31. The molecule has 1 aromatic carbocycles. The predicted octanol–water partition coefficient (Wildman–Crippen LogP) is 5.01. The fraction of sp³-hybridized carbons (Fsp3) is 0.600. The number of esters is 1. The summed E-state index contributed by atoms with van der Waals surface area (Å²) in [6.07, 6.45) is 15.5.